The van der Waals surface area contributed by atoms with Gasteiger partial charge in [0.15, 0.2) is 0 Å². The number of nitrogens with two attached hydrogens (primary N) is 1. The zero-order chi connectivity index (χ0) is 12.8. The zero-order valence-corrected chi connectivity index (χ0v) is 10.7. The van der Waals surface area contributed by atoms with Gasteiger partial charge in [0.1, 0.15) is 5.76 Å². The van der Waals surface area contributed by atoms with Crippen molar-refractivity contribution >= 4 is 5.91 Å². The predicted molar refractivity (Wildman–Crippen MR) is 65.2 cm³/mol. The molecule has 0 bridgehead atoms. The summed E-state index contributed by atoms with van der Waals surface area (Å²) in [5.74, 6) is 1.35. The Balaban J connectivity index is 2.42. The van der Waals surface area contributed by atoms with Crippen LogP contribution in [-0.2, 0) is 17.8 Å². The van der Waals surface area contributed by atoms with Gasteiger partial charge in [-0.05, 0) is 5.92 Å². The average Bonchev–Trinajstić information content (AvgIpc) is 2.81. The molecule has 1 amide bonds. The maximum absolute atomic E-state index is 11.7. The maximum atomic E-state index is 11.7. The highest BCUT2D eigenvalue weighted by Crippen LogP contribution is 2.06. The Labute approximate surface area is 102 Å². The second kappa shape index (κ2) is 6.39. The van der Waals surface area contributed by atoms with Gasteiger partial charge < -0.3 is 15.5 Å². The van der Waals surface area contributed by atoms with Crippen LogP contribution < -0.4 is 11.1 Å². The van der Waals surface area contributed by atoms with Crippen molar-refractivity contribution in [2.24, 2.45) is 11.7 Å². The third-order valence-electron chi connectivity index (χ3n) is 2.92. The van der Waals surface area contributed by atoms with E-state index in [1.165, 1.54) is 0 Å². The molecule has 2 unspecified atom stereocenters. The van der Waals surface area contributed by atoms with Gasteiger partial charge in [0.2, 0.25) is 11.8 Å². The molecule has 0 spiro atoms. The molecule has 17 heavy (non-hydrogen) atoms. The normalized spacial score (nSPS) is 14.4. The van der Waals surface area contributed by atoms with Crippen molar-refractivity contribution in [2.45, 2.75) is 46.2 Å². The molecule has 0 fully saturated rings. The van der Waals surface area contributed by atoms with E-state index in [1.54, 1.807) is 6.20 Å². The highest BCUT2D eigenvalue weighted by atomic mass is 16.4. The molecule has 5 heteroatoms. The topological polar surface area (TPSA) is 81.2 Å². The first-order chi connectivity index (χ1) is 8.08. The lowest BCUT2D eigenvalue weighted by molar-refractivity contribution is -0.123. The van der Waals surface area contributed by atoms with Gasteiger partial charge in [0.25, 0.3) is 0 Å². The minimum absolute atomic E-state index is 0.157. The lowest BCUT2D eigenvalue weighted by Gasteiger charge is -2.16. The van der Waals surface area contributed by atoms with Gasteiger partial charge in [-0.25, -0.2) is 4.98 Å². The van der Waals surface area contributed by atoms with Crippen LogP contribution in [0.3, 0.4) is 0 Å². The summed E-state index contributed by atoms with van der Waals surface area (Å²) in [5.41, 5.74) is 5.80. The van der Waals surface area contributed by atoms with Gasteiger partial charge in [0, 0.05) is 6.42 Å². The molecule has 2 atom stereocenters. The van der Waals surface area contributed by atoms with E-state index in [1.807, 2.05) is 20.8 Å². The molecule has 96 valence electrons. The third kappa shape index (κ3) is 3.85. The standard InChI is InChI=1S/C12H21N3O2/c1-4-8(3)11(13)12(16)15-7-10-14-6-9(5-2)17-10/h6,8,11H,4-5,7,13H2,1-3H3,(H,15,16). The minimum atomic E-state index is -0.472. The highest BCUT2D eigenvalue weighted by Gasteiger charge is 2.19. The van der Waals surface area contributed by atoms with Crippen LogP contribution in [0, 0.1) is 5.92 Å². The molecular weight excluding hydrogens is 218 g/mol. The molecule has 1 heterocycles. The Kier molecular flexibility index (Phi) is 5.15. The Bertz CT molecular complexity index is 362. The molecule has 1 rings (SSSR count). The van der Waals surface area contributed by atoms with Crippen molar-refractivity contribution in [3.05, 3.63) is 17.8 Å². The molecule has 0 radical (unpaired) electrons. The molecular formula is C12H21N3O2. The summed E-state index contributed by atoms with van der Waals surface area (Å²) in [6.07, 6.45) is 3.36. The number of nitrogens with zero attached hydrogens (tertiary/aromatic N) is 1. The summed E-state index contributed by atoms with van der Waals surface area (Å²) in [6, 6.07) is -0.472. The Morgan fingerprint density at radius 1 is 1.59 bits per heavy atom. The summed E-state index contributed by atoms with van der Waals surface area (Å²) in [6.45, 7) is 6.26. The van der Waals surface area contributed by atoms with Gasteiger partial charge in [-0.15, -0.1) is 0 Å². The number of hydrogen-bond donors (Lipinski definition) is 2. The number of carbonyl (C=O) groups excluding carboxylic acids is 1. The Hall–Kier alpha value is -1.36. The fourth-order valence-electron chi connectivity index (χ4n) is 1.39. The third-order valence-corrected chi connectivity index (χ3v) is 2.92. The summed E-state index contributed by atoms with van der Waals surface area (Å²) < 4.78 is 5.38. The fraction of sp³-hybridized carbons (Fsp3) is 0.667. The van der Waals surface area contributed by atoms with E-state index >= 15 is 0 Å². The summed E-state index contributed by atoms with van der Waals surface area (Å²) in [5, 5.41) is 2.73. The quantitative estimate of drug-likeness (QED) is 0.782. The monoisotopic (exact) mass is 239 g/mol. The van der Waals surface area contributed by atoms with E-state index < -0.39 is 6.04 Å². The first kappa shape index (κ1) is 13.7. The van der Waals surface area contributed by atoms with Crippen LogP contribution in [0.4, 0.5) is 0 Å². The zero-order valence-electron chi connectivity index (χ0n) is 10.7. The van der Waals surface area contributed by atoms with E-state index in [0.29, 0.717) is 12.4 Å². The summed E-state index contributed by atoms with van der Waals surface area (Å²) >= 11 is 0. The van der Waals surface area contributed by atoms with Crippen molar-refractivity contribution < 1.29 is 9.21 Å². The first-order valence-corrected chi connectivity index (χ1v) is 6.05. The predicted octanol–water partition coefficient (Wildman–Crippen LogP) is 1.23. The van der Waals surface area contributed by atoms with Crippen LogP contribution in [0.5, 0.6) is 0 Å². The van der Waals surface area contributed by atoms with Gasteiger partial charge in [0.05, 0.1) is 18.8 Å². The number of oxazole rings is 1. The summed E-state index contributed by atoms with van der Waals surface area (Å²) in [7, 11) is 0. The largest absolute Gasteiger partial charge is 0.444 e. The fourth-order valence-corrected chi connectivity index (χ4v) is 1.39. The van der Waals surface area contributed by atoms with E-state index in [2.05, 4.69) is 10.3 Å². The number of hydrogen-bond acceptors (Lipinski definition) is 4. The van der Waals surface area contributed by atoms with Crippen LogP contribution in [0.2, 0.25) is 0 Å². The molecule has 1 aromatic heterocycles. The maximum Gasteiger partial charge on any atom is 0.237 e. The number of nitrogens with one attached hydrogen (secondary N) is 1. The second-order valence-corrected chi connectivity index (χ2v) is 4.20. The number of carbonyl (C=O) groups is 1. The average molecular weight is 239 g/mol. The molecule has 0 saturated carbocycles. The molecule has 1 aromatic rings. The number of aryl methyl sites for hydroxylation is 1. The molecule has 3 N–H and O–H groups in total. The molecule has 5 nitrogen and oxygen atoms in total. The van der Waals surface area contributed by atoms with Gasteiger partial charge in [-0.1, -0.05) is 27.2 Å². The second-order valence-electron chi connectivity index (χ2n) is 4.20. The number of aromatic nitrogens is 1. The SMILES string of the molecule is CCc1cnc(CNC(=O)C(N)C(C)CC)o1. The lowest BCUT2D eigenvalue weighted by Crippen LogP contribution is -2.44. The molecule has 0 aliphatic heterocycles. The summed E-state index contributed by atoms with van der Waals surface area (Å²) in [4.78, 5) is 15.7. The molecule has 0 aliphatic rings. The van der Waals surface area contributed by atoms with Crippen molar-refractivity contribution in [3.63, 3.8) is 0 Å². The molecule has 0 aromatic carbocycles. The lowest BCUT2D eigenvalue weighted by atomic mass is 9.99. The van der Waals surface area contributed by atoms with E-state index in [-0.39, 0.29) is 11.8 Å². The number of amides is 1. The molecule has 0 aliphatic carbocycles. The van der Waals surface area contributed by atoms with Crippen LogP contribution in [-0.4, -0.2) is 16.9 Å². The first-order valence-electron chi connectivity index (χ1n) is 6.05. The van der Waals surface area contributed by atoms with Crippen LogP contribution in [0.1, 0.15) is 38.8 Å². The minimum Gasteiger partial charge on any atom is -0.444 e. The van der Waals surface area contributed by atoms with Gasteiger partial charge in [-0.2, -0.15) is 0 Å². The van der Waals surface area contributed by atoms with Crippen molar-refractivity contribution in [3.8, 4) is 0 Å². The van der Waals surface area contributed by atoms with Crippen molar-refractivity contribution in [1.82, 2.24) is 10.3 Å². The Morgan fingerprint density at radius 2 is 2.29 bits per heavy atom. The van der Waals surface area contributed by atoms with Crippen LogP contribution in [0.25, 0.3) is 0 Å². The van der Waals surface area contributed by atoms with Crippen LogP contribution in [0.15, 0.2) is 10.6 Å². The van der Waals surface area contributed by atoms with E-state index in [0.717, 1.165) is 18.6 Å². The number of rotatable bonds is 6. The van der Waals surface area contributed by atoms with E-state index in [4.69, 9.17) is 10.2 Å². The van der Waals surface area contributed by atoms with Gasteiger partial charge >= 0.3 is 0 Å². The van der Waals surface area contributed by atoms with Crippen LogP contribution >= 0.6 is 0 Å². The highest BCUT2D eigenvalue weighted by molar-refractivity contribution is 5.81. The van der Waals surface area contributed by atoms with Crippen molar-refractivity contribution in [1.29, 1.82) is 0 Å². The van der Waals surface area contributed by atoms with Gasteiger partial charge in [-0.3, -0.25) is 4.79 Å². The van der Waals surface area contributed by atoms with E-state index in [9.17, 15) is 4.79 Å². The molecule has 0 saturated heterocycles. The van der Waals surface area contributed by atoms with Crippen molar-refractivity contribution in [2.75, 3.05) is 0 Å². The Morgan fingerprint density at radius 3 is 2.82 bits per heavy atom. The smallest absolute Gasteiger partial charge is 0.237 e.